The summed E-state index contributed by atoms with van der Waals surface area (Å²) in [5, 5.41) is 6.91. The van der Waals surface area contributed by atoms with Crippen LogP contribution in [0.2, 0.25) is 0 Å². The molecule has 0 aliphatic carbocycles. The lowest BCUT2D eigenvalue weighted by Crippen LogP contribution is -2.37. The van der Waals surface area contributed by atoms with Crippen LogP contribution in [0.25, 0.3) is 0 Å². The number of nitrogens with two attached hydrogens (primary N) is 1. The third-order valence-electron chi connectivity index (χ3n) is 2.92. The zero-order valence-electron chi connectivity index (χ0n) is 8.67. The Morgan fingerprint density at radius 2 is 2.07 bits per heavy atom. The molecule has 76 valence electrons. The van der Waals surface area contributed by atoms with Gasteiger partial charge in [-0.2, -0.15) is 0 Å². The minimum absolute atomic E-state index is 0.404. The van der Waals surface area contributed by atoms with Crippen LogP contribution in [0.5, 0.6) is 0 Å². The Morgan fingerprint density at radius 3 is 2.86 bits per heavy atom. The van der Waals surface area contributed by atoms with Crippen molar-refractivity contribution in [3.05, 3.63) is 23.8 Å². The van der Waals surface area contributed by atoms with E-state index in [-0.39, 0.29) is 0 Å². The predicted octanol–water partition coefficient (Wildman–Crippen LogP) is 1.56. The van der Waals surface area contributed by atoms with Crippen molar-refractivity contribution >= 4 is 11.4 Å². The number of anilines is 2. The van der Waals surface area contributed by atoms with E-state index in [1.54, 1.807) is 0 Å². The molecule has 0 saturated heterocycles. The summed E-state index contributed by atoms with van der Waals surface area (Å²) in [5.74, 6) is 0. The number of hydrogen-bond donors (Lipinski definition) is 3. The maximum atomic E-state index is 5.93. The Balaban J connectivity index is 2.38. The van der Waals surface area contributed by atoms with E-state index in [2.05, 4.69) is 30.5 Å². The van der Waals surface area contributed by atoms with E-state index in [9.17, 15) is 0 Å². The van der Waals surface area contributed by atoms with Gasteiger partial charge in [0.05, 0.1) is 11.4 Å². The van der Waals surface area contributed by atoms with Crippen molar-refractivity contribution in [3.8, 4) is 0 Å². The molecule has 1 aliphatic rings. The number of fused-ring (bicyclic) bond motifs is 1. The SMILES string of the molecule is CC1NCc2cccc(N)c2NC1C. The van der Waals surface area contributed by atoms with Gasteiger partial charge in [-0.15, -0.1) is 0 Å². The summed E-state index contributed by atoms with van der Waals surface area (Å²) in [6.45, 7) is 5.23. The summed E-state index contributed by atoms with van der Waals surface area (Å²) in [4.78, 5) is 0. The van der Waals surface area contributed by atoms with Gasteiger partial charge in [0.25, 0.3) is 0 Å². The second kappa shape index (κ2) is 3.50. The van der Waals surface area contributed by atoms with E-state index in [1.807, 2.05) is 12.1 Å². The average molecular weight is 191 g/mol. The first-order valence-corrected chi connectivity index (χ1v) is 5.06. The van der Waals surface area contributed by atoms with E-state index >= 15 is 0 Å². The van der Waals surface area contributed by atoms with Crippen LogP contribution in [0.3, 0.4) is 0 Å². The minimum atomic E-state index is 0.404. The maximum absolute atomic E-state index is 5.93. The monoisotopic (exact) mass is 191 g/mol. The molecule has 1 aromatic rings. The molecule has 3 heteroatoms. The second-order valence-corrected chi connectivity index (χ2v) is 3.98. The van der Waals surface area contributed by atoms with Crippen molar-refractivity contribution in [1.29, 1.82) is 0 Å². The van der Waals surface area contributed by atoms with Crippen LogP contribution in [0.1, 0.15) is 19.4 Å². The van der Waals surface area contributed by atoms with Crippen LogP contribution in [-0.2, 0) is 6.54 Å². The number of hydrogen-bond acceptors (Lipinski definition) is 3. The fourth-order valence-electron chi connectivity index (χ4n) is 1.74. The highest BCUT2D eigenvalue weighted by Gasteiger charge is 2.18. The van der Waals surface area contributed by atoms with Crippen LogP contribution >= 0.6 is 0 Å². The Morgan fingerprint density at radius 1 is 1.29 bits per heavy atom. The van der Waals surface area contributed by atoms with Gasteiger partial charge in [-0.3, -0.25) is 0 Å². The lowest BCUT2D eigenvalue weighted by molar-refractivity contribution is 0.510. The standard InChI is InChI=1S/C11H17N3/c1-7-8(2)14-11-9(6-13-7)4-3-5-10(11)12/h3-5,7-8,13-14H,6,12H2,1-2H3. The maximum Gasteiger partial charge on any atom is 0.0622 e. The molecule has 3 nitrogen and oxygen atoms in total. The highest BCUT2D eigenvalue weighted by molar-refractivity contribution is 5.71. The zero-order chi connectivity index (χ0) is 10.1. The van der Waals surface area contributed by atoms with Crippen molar-refractivity contribution in [2.45, 2.75) is 32.5 Å². The van der Waals surface area contributed by atoms with Crippen LogP contribution in [0.4, 0.5) is 11.4 Å². The third kappa shape index (κ3) is 1.55. The van der Waals surface area contributed by atoms with Gasteiger partial charge in [0.1, 0.15) is 0 Å². The molecule has 14 heavy (non-hydrogen) atoms. The van der Waals surface area contributed by atoms with Gasteiger partial charge in [0.15, 0.2) is 0 Å². The van der Waals surface area contributed by atoms with Gasteiger partial charge in [0, 0.05) is 18.6 Å². The number of nitrogen functional groups attached to an aromatic ring is 1. The lowest BCUT2D eigenvalue weighted by atomic mass is 10.1. The Hall–Kier alpha value is -1.22. The smallest absolute Gasteiger partial charge is 0.0622 e. The molecule has 0 fully saturated rings. The Bertz CT molecular complexity index is 335. The number of para-hydroxylation sites is 1. The Labute approximate surface area is 84.7 Å². The van der Waals surface area contributed by atoms with Crippen LogP contribution in [-0.4, -0.2) is 12.1 Å². The predicted molar refractivity (Wildman–Crippen MR) is 60.2 cm³/mol. The summed E-state index contributed by atoms with van der Waals surface area (Å²) in [6, 6.07) is 6.91. The van der Waals surface area contributed by atoms with E-state index in [0.717, 1.165) is 17.9 Å². The zero-order valence-corrected chi connectivity index (χ0v) is 8.67. The van der Waals surface area contributed by atoms with Crippen LogP contribution < -0.4 is 16.4 Å². The molecular weight excluding hydrogens is 174 g/mol. The van der Waals surface area contributed by atoms with Gasteiger partial charge in [0.2, 0.25) is 0 Å². The van der Waals surface area contributed by atoms with Crippen LogP contribution in [0, 0.1) is 0 Å². The molecule has 4 N–H and O–H groups in total. The first-order chi connectivity index (χ1) is 6.68. The number of benzene rings is 1. The van der Waals surface area contributed by atoms with Gasteiger partial charge >= 0.3 is 0 Å². The van der Waals surface area contributed by atoms with Crippen molar-refractivity contribution in [1.82, 2.24) is 5.32 Å². The van der Waals surface area contributed by atoms with Crippen molar-refractivity contribution < 1.29 is 0 Å². The van der Waals surface area contributed by atoms with Crippen molar-refractivity contribution in [2.75, 3.05) is 11.1 Å². The van der Waals surface area contributed by atoms with Crippen molar-refractivity contribution in [3.63, 3.8) is 0 Å². The van der Waals surface area contributed by atoms with E-state index in [4.69, 9.17) is 5.73 Å². The van der Waals surface area contributed by atoms with Crippen molar-refractivity contribution in [2.24, 2.45) is 0 Å². The quantitative estimate of drug-likeness (QED) is 0.545. The molecule has 1 heterocycles. The normalized spacial score (nSPS) is 26.1. The summed E-state index contributed by atoms with van der Waals surface area (Å²) >= 11 is 0. The molecular formula is C11H17N3. The number of nitrogens with one attached hydrogen (secondary N) is 2. The molecule has 0 bridgehead atoms. The average Bonchev–Trinajstić information content (AvgIpc) is 2.30. The highest BCUT2D eigenvalue weighted by Crippen LogP contribution is 2.26. The molecule has 1 aliphatic heterocycles. The van der Waals surface area contributed by atoms with Gasteiger partial charge in [-0.1, -0.05) is 12.1 Å². The van der Waals surface area contributed by atoms with Crippen LogP contribution in [0.15, 0.2) is 18.2 Å². The second-order valence-electron chi connectivity index (χ2n) is 3.98. The number of rotatable bonds is 0. The summed E-state index contributed by atoms with van der Waals surface area (Å²) in [6.07, 6.45) is 0. The molecule has 0 spiro atoms. The molecule has 2 atom stereocenters. The molecule has 0 saturated carbocycles. The minimum Gasteiger partial charge on any atom is -0.397 e. The third-order valence-corrected chi connectivity index (χ3v) is 2.92. The Kier molecular flexibility index (Phi) is 2.33. The fraction of sp³-hybridized carbons (Fsp3) is 0.455. The fourth-order valence-corrected chi connectivity index (χ4v) is 1.74. The van der Waals surface area contributed by atoms with E-state index in [0.29, 0.717) is 12.1 Å². The van der Waals surface area contributed by atoms with E-state index in [1.165, 1.54) is 5.56 Å². The molecule has 2 rings (SSSR count). The molecule has 1 aromatic carbocycles. The van der Waals surface area contributed by atoms with Gasteiger partial charge < -0.3 is 16.4 Å². The lowest BCUT2D eigenvalue weighted by Gasteiger charge is -2.19. The molecule has 0 amide bonds. The molecule has 0 aromatic heterocycles. The molecule has 0 radical (unpaired) electrons. The summed E-state index contributed by atoms with van der Waals surface area (Å²) in [7, 11) is 0. The first-order valence-electron chi connectivity index (χ1n) is 5.06. The topological polar surface area (TPSA) is 50.1 Å². The van der Waals surface area contributed by atoms with E-state index < -0.39 is 0 Å². The molecule has 2 unspecified atom stereocenters. The summed E-state index contributed by atoms with van der Waals surface area (Å²) in [5.41, 5.74) is 9.11. The van der Waals surface area contributed by atoms with Gasteiger partial charge in [-0.25, -0.2) is 0 Å². The van der Waals surface area contributed by atoms with Gasteiger partial charge in [-0.05, 0) is 25.5 Å². The highest BCUT2D eigenvalue weighted by atomic mass is 15.0. The first kappa shape index (κ1) is 9.34. The largest absolute Gasteiger partial charge is 0.397 e. The summed E-state index contributed by atoms with van der Waals surface area (Å²) < 4.78 is 0.